The van der Waals surface area contributed by atoms with E-state index in [1.54, 1.807) is 0 Å². The van der Waals surface area contributed by atoms with Crippen LogP contribution in [0.25, 0.3) is 0 Å². The predicted molar refractivity (Wildman–Crippen MR) is 99.5 cm³/mol. The van der Waals surface area contributed by atoms with Gasteiger partial charge in [-0.2, -0.15) is 0 Å². The Morgan fingerprint density at radius 2 is 1.43 bits per heavy atom. The molecule has 2 heteroatoms. The SMILES string of the molecule is CCO[C@@H](C)[C]1[CH][CH][CH][C]1P(c1ccccc1)c1ccccc1. The molecule has 0 unspecified atom stereocenters. The van der Waals surface area contributed by atoms with E-state index in [1.165, 1.54) is 22.2 Å². The van der Waals surface area contributed by atoms with Gasteiger partial charge in [0.1, 0.15) is 0 Å². The Hall–Kier alpha value is -1.17. The summed E-state index contributed by atoms with van der Waals surface area (Å²) >= 11 is 0. The van der Waals surface area contributed by atoms with E-state index < -0.39 is 7.92 Å². The van der Waals surface area contributed by atoms with Crippen molar-refractivity contribution in [3.63, 3.8) is 0 Å². The molecular formula is C21H22OP. The van der Waals surface area contributed by atoms with Crippen molar-refractivity contribution < 1.29 is 4.74 Å². The van der Waals surface area contributed by atoms with E-state index in [0.717, 1.165) is 6.61 Å². The highest BCUT2D eigenvalue weighted by Crippen LogP contribution is 2.57. The molecule has 1 aliphatic carbocycles. The van der Waals surface area contributed by atoms with E-state index in [-0.39, 0.29) is 6.10 Å². The Bertz CT molecular complexity index is 544. The molecule has 0 amide bonds. The van der Waals surface area contributed by atoms with Crippen LogP contribution < -0.4 is 10.6 Å². The Morgan fingerprint density at radius 1 is 0.870 bits per heavy atom. The second kappa shape index (κ2) is 8.08. The lowest BCUT2D eigenvalue weighted by atomic mass is 10.0. The largest absolute Gasteiger partial charge is 0.378 e. The first-order valence-corrected chi connectivity index (χ1v) is 9.43. The predicted octanol–water partition coefficient (Wildman–Crippen LogP) is 4.28. The molecule has 2 aromatic rings. The Morgan fingerprint density at radius 3 is 1.96 bits per heavy atom. The first-order valence-electron chi connectivity index (χ1n) is 8.08. The lowest BCUT2D eigenvalue weighted by molar-refractivity contribution is 0.0909. The Kier molecular flexibility index (Phi) is 5.86. The van der Waals surface area contributed by atoms with Crippen LogP contribution in [0.3, 0.4) is 0 Å². The fourth-order valence-corrected chi connectivity index (χ4v) is 5.44. The van der Waals surface area contributed by atoms with Crippen molar-refractivity contribution in [3.8, 4) is 0 Å². The summed E-state index contributed by atoms with van der Waals surface area (Å²) in [5, 5.41) is 2.76. The number of benzene rings is 2. The van der Waals surface area contributed by atoms with E-state index in [4.69, 9.17) is 4.74 Å². The highest BCUT2D eigenvalue weighted by molar-refractivity contribution is 7.76. The second-order valence-electron chi connectivity index (χ2n) is 5.47. The molecule has 0 aromatic heterocycles. The lowest BCUT2D eigenvalue weighted by Crippen LogP contribution is -2.25. The highest BCUT2D eigenvalue weighted by atomic mass is 31.1. The van der Waals surface area contributed by atoms with Gasteiger partial charge in [0.15, 0.2) is 0 Å². The molecule has 1 nitrogen and oxygen atoms in total. The minimum absolute atomic E-state index is 0.127. The third kappa shape index (κ3) is 3.84. The first-order chi connectivity index (χ1) is 11.3. The molecule has 0 spiro atoms. The summed E-state index contributed by atoms with van der Waals surface area (Å²) in [5.74, 6) is 1.31. The van der Waals surface area contributed by atoms with Gasteiger partial charge in [-0.15, -0.1) is 0 Å². The van der Waals surface area contributed by atoms with Crippen LogP contribution in [0.2, 0.25) is 0 Å². The minimum Gasteiger partial charge on any atom is -0.378 e. The van der Waals surface area contributed by atoms with Gasteiger partial charge in [-0.25, -0.2) is 0 Å². The van der Waals surface area contributed by atoms with E-state index in [0.29, 0.717) is 0 Å². The number of rotatable bonds is 6. The Labute approximate surface area is 141 Å². The highest BCUT2D eigenvalue weighted by Gasteiger charge is 2.39. The normalized spacial score (nSPS) is 17.7. The average molecular weight is 321 g/mol. The standard InChI is InChI=1S/C21H22OP/c1-3-22-17(2)20-15-10-16-21(20)23(18-11-6-4-7-12-18)19-13-8-5-9-14-19/h4-17H,3H2,1-2H3/t17-/m0/s1. The molecule has 3 rings (SSSR count). The molecule has 2 aromatic carbocycles. The fourth-order valence-electron chi connectivity index (χ4n) is 2.89. The molecule has 1 fully saturated rings. The van der Waals surface area contributed by atoms with E-state index >= 15 is 0 Å². The van der Waals surface area contributed by atoms with Crippen molar-refractivity contribution in [1.82, 2.24) is 0 Å². The fraction of sp³-hybridized carbons (Fsp3) is 0.190. The monoisotopic (exact) mass is 321 g/mol. The van der Waals surface area contributed by atoms with Gasteiger partial charge in [0.2, 0.25) is 0 Å². The molecular weight excluding hydrogens is 299 g/mol. The third-order valence-electron chi connectivity index (χ3n) is 3.95. The number of ether oxygens (including phenoxy) is 1. The van der Waals surface area contributed by atoms with Crippen LogP contribution in [0.1, 0.15) is 13.8 Å². The average Bonchev–Trinajstić information content (AvgIpc) is 3.07. The maximum absolute atomic E-state index is 5.86. The summed E-state index contributed by atoms with van der Waals surface area (Å²) in [7, 11) is -0.553. The Balaban J connectivity index is 1.95. The van der Waals surface area contributed by atoms with Gasteiger partial charge in [0.05, 0.1) is 6.10 Å². The van der Waals surface area contributed by atoms with Crippen molar-refractivity contribution in [2.45, 2.75) is 20.0 Å². The van der Waals surface area contributed by atoms with Gasteiger partial charge >= 0.3 is 0 Å². The van der Waals surface area contributed by atoms with Crippen molar-refractivity contribution in [3.05, 3.63) is 91.5 Å². The quantitative estimate of drug-likeness (QED) is 0.722. The van der Waals surface area contributed by atoms with Crippen LogP contribution in [-0.2, 0) is 4.74 Å². The molecule has 0 aliphatic heterocycles. The molecule has 0 saturated heterocycles. The number of hydrogen-bond donors (Lipinski definition) is 0. The van der Waals surface area contributed by atoms with Gasteiger partial charge < -0.3 is 4.74 Å². The van der Waals surface area contributed by atoms with E-state index in [1.807, 2.05) is 0 Å². The smallest absolute Gasteiger partial charge is 0.0622 e. The lowest BCUT2D eigenvalue weighted by Gasteiger charge is -2.32. The van der Waals surface area contributed by atoms with Gasteiger partial charge in [0.25, 0.3) is 0 Å². The van der Waals surface area contributed by atoms with Gasteiger partial charge in [0, 0.05) is 18.2 Å². The summed E-state index contributed by atoms with van der Waals surface area (Å²) in [4.78, 5) is 0. The molecule has 23 heavy (non-hydrogen) atoms. The minimum atomic E-state index is -0.553. The second-order valence-corrected chi connectivity index (χ2v) is 7.66. The zero-order chi connectivity index (χ0) is 16.1. The molecule has 0 N–H and O–H groups in total. The maximum atomic E-state index is 5.86. The number of hydrogen-bond acceptors (Lipinski definition) is 1. The van der Waals surface area contributed by atoms with Crippen LogP contribution in [-0.4, -0.2) is 12.7 Å². The molecule has 1 aliphatic rings. The van der Waals surface area contributed by atoms with Crippen LogP contribution >= 0.6 is 7.92 Å². The molecule has 117 valence electrons. The molecule has 0 bridgehead atoms. The summed E-state index contributed by atoms with van der Waals surface area (Å²) in [5.41, 5.74) is 1.40. The van der Waals surface area contributed by atoms with Crippen molar-refractivity contribution in [2.24, 2.45) is 0 Å². The summed E-state index contributed by atoms with van der Waals surface area (Å²) in [6, 6.07) is 21.6. The molecule has 1 atom stereocenters. The van der Waals surface area contributed by atoms with Crippen molar-refractivity contribution in [2.75, 3.05) is 6.61 Å². The van der Waals surface area contributed by atoms with Gasteiger partial charge in [-0.1, -0.05) is 60.7 Å². The summed E-state index contributed by atoms with van der Waals surface area (Å²) < 4.78 is 5.86. The topological polar surface area (TPSA) is 9.23 Å². The molecule has 0 heterocycles. The zero-order valence-electron chi connectivity index (χ0n) is 13.6. The van der Waals surface area contributed by atoms with Crippen molar-refractivity contribution in [1.29, 1.82) is 0 Å². The third-order valence-corrected chi connectivity index (χ3v) is 6.47. The zero-order valence-corrected chi connectivity index (χ0v) is 14.5. The first kappa shape index (κ1) is 16.7. The van der Waals surface area contributed by atoms with Crippen LogP contribution in [0.4, 0.5) is 0 Å². The van der Waals surface area contributed by atoms with Crippen LogP contribution in [0.5, 0.6) is 0 Å². The van der Waals surface area contributed by atoms with Gasteiger partial charge in [-0.05, 0) is 51.6 Å². The summed E-state index contributed by atoms with van der Waals surface area (Å²) in [6.45, 7) is 4.93. The van der Waals surface area contributed by atoms with Crippen LogP contribution in [0, 0.1) is 30.8 Å². The van der Waals surface area contributed by atoms with E-state index in [9.17, 15) is 0 Å². The molecule has 5 radical (unpaired) electrons. The molecule has 1 saturated carbocycles. The van der Waals surface area contributed by atoms with Crippen LogP contribution in [0.15, 0.2) is 60.7 Å². The van der Waals surface area contributed by atoms with Gasteiger partial charge in [-0.3, -0.25) is 0 Å². The maximum Gasteiger partial charge on any atom is 0.0622 e. The van der Waals surface area contributed by atoms with Crippen molar-refractivity contribution >= 4 is 18.5 Å². The van der Waals surface area contributed by atoms with E-state index in [2.05, 4.69) is 93.8 Å². The summed E-state index contributed by atoms with van der Waals surface area (Å²) in [6.07, 6.45) is 6.75.